The molecule has 0 spiro atoms. The Labute approximate surface area is 229 Å². The molecule has 0 fully saturated rings. The van der Waals surface area contributed by atoms with Crippen LogP contribution in [-0.2, 0) is 9.53 Å². The van der Waals surface area contributed by atoms with Gasteiger partial charge in [0.05, 0.1) is 31.3 Å². The summed E-state index contributed by atoms with van der Waals surface area (Å²) in [5.74, 6) is 0.438. The number of rotatable bonds is 7. The molecule has 0 aliphatic rings. The molecule has 3 aromatic carbocycles. The van der Waals surface area contributed by atoms with Crippen LogP contribution >= 0.6 is 27.5 Å². The van der Waals surface area contributed by atoms with E-state index in [0.717, 1.165) is 5.39 Å². The number of methoxy groups -OCH3 is 2. The van der Waals surface area contributed by atoms with Crippen LogP contribution in [0, 0.1) is 0 Å². The van der Waals surface area contributed by atoms with Crippen LogP contribution in [0.2, 0.25) is 5.02 Å². The number of nitrogens with zero attached hydrogens (tertiary/aromatic N) is 3. The van der Waals surface area contributed by atoms with Crippen LogP contribution in [-0.4, -0.2) is 42.7 Å². The van der Waals surface area contributed by atoms with Crippen LogP contribution in [0.5, 0.6) is 11.5 Å². The first-order valence-electron chi connectivity index (χ1n) is 11.2. The van der Waals surface area contributed by atoms with Crippen LogP contribution in [0.25, 0.3) is 33.5 Å². The van der Waals surface area contributed by atoms with Crippen LogP contribution in [0.15, 0.2) is 79.4 Å². The second-order valence-corrected chi connectivity index (χ2v) is 9.12. The van der Waals surface area contributed by atoms with Gasteiger partial charge in [0, 0.05) is 15.4 Å². The lowest BCUT2D eigenvalue weighted by Crippen LogP contribution is -2.20. The molecule has 0 N–H and O–H groups in total. The molecule has 2 heterocycles. The minimum absolute atomic E-state index is 0.149. The molecular weight excluding hydrogens is 578 g/mol. The van der Waals surface area contributed by atoms with Crippen molar-refractivity contribution >= 4 is 61.6 Å². The molecule has 5 aromatic rings. The number of hydrogen-bond donors (Lipinski definition) is 0. The van der Waals surface area contributed by atoms with Crippen molar-refractivity contribution in [2.45, 2.75) is 0 Å². The number of hydrogen-bond acceptors (Lipinski definition) is 8. The number of ether oxygens (including phenoxy) is 3. The lowest BCUT2D eigenvalue weighted by molar-refractivity contribution is -0.142. The summed E-state index contributed by atoms with van der Waals surface area (Å²) in [6.07, 6.45) is 1.44. The Kier molecular flexibility index (Phi) is 7.17. The second-order valence-electron chi connectivity index (χ2n) is 7.95. The summed E-state index contributed by atoms with van der Waals surface area (Å²) < 4.78 is 23.1. The predicted octanol–water partition coefficient (Wildman–Crippen LogP) is 5.67. The van der Waals surface area contributed by atoms with Crippen molar-refractivity contribution in [2.24, 2.45) is 5.10 Å². The number of aromatic nitrogens is 2. The van der Waals surface area contributed by atoms with E-state index in [1.807, 2.05) is 24.3 Å². The number of carbonyl (C=O) groups is 1. The maximum Gasteiger partial charge on any atom is 0.343 e. The molecule has 38 heavy (non-hydrogen) atoms. The zero-order chi connectivity index (χ0) is 26.8. The summed E-state index contributed by atoms with van der Waals surface area (Å²) >= 11 is 9.95. The number of benzene rings is 3. The van der Waals surface area contributed by atoms with Crippen molar-refractivity contribution in [1.82, 2.24) is 9.66 Å². The van der Waals surface area contributed by atoms with Crippen molar-refractivity contribution in [3.63, 3.8) is 0 Å². The number of para-hydroxylation sites is 2. The molecule has 0 bridgehead atoms. The first-order chi connectivity index (χ1) is 18.4. The minimum Gasteiger partial charge on any atom is -0.493 e. The maximum atomic E-state index is 13.5. The molecule has 5 rings (SSSR count). The molecule has 0 saturated carbocycles. The highest BCUT2D eigenvalue weighted by Crippen LogP contribution is 2.42. The molecule has 0 unspecified atom stereocenters. The van der Waals surface area contributed by atoms with Crippen LogP contribution in [0.3, 0.4) is 0 Å². The summed E-state index contributed by atoms with van der Waals surface area (Å²) in [5.41, 5.74) is 1.27. The number of furan rings is 1. The summed E-state index contributed by atoms with van der Waals surface area (Å²) in [5, 5.41) is 5.87. The number of fused-ring (bicyclic) bond motifs is 2. The Bertz CT molecular complexity index is 1750. The Morgan fingerprint density at radius 2 is 1.92 bits per heavy atom. The summed E-state index contributed by atoms with van der Waals surface area (Å²) in [6, 6.07) is 17.9. The van der Waals surface area contributed by atoms with Gasteiger partial charge in [-0.3, -0.25) is 4.79 Å². The van der Waals surface area contributed by atoms with E-state index >= 15 is 0 Å². The monoisotopic (exact) mass is 595 g/mol. The van der Waals surface area contributed by atoms with E-state index < -0.39 is 5.97 Å². The van der Waals surface area contributed by atoms with E-state index in [1.54, 1.807) is 36.4 Å². The predicted molar refractivity (Wildman–Crippen MR) is 147 cm³/mol. The van der Waals surface area contributed by atoms with Gasteiger partial charge < -0.3 is 18.6 Å². The molecule has 0 saturated heterocycles. The van der Waals surface area contributed by atoms with Crippen molar-refractivity contribution in [3.05, 3.63) is 86.1 Å². The number of halogens is 2. The van der Waals surface area contributed by atoms with E-state index in [2.05, 4.69) is 30.8 Å². The smallest absolute Gasteiger partial charge is 0.343 e. The molecule has 0 atom stereocenters. The van der Waals surface area contributed by atoms with Gasteiger partial charge in [-0.05, 0) is 46.3 Å². The third kappa shape index (κ3) is 4.75. The zero-order valence-electron chi connectivity index (χ0n) is 20.1. The molecule has 0 radical (unpaired) electrons. The van der Waals surface area contributed by atoms with E-state index in [0.29, 0.717) is 32.3 Å². The van der Waals surface area contributed by atoms with E-state index in [-0.39, 0.29) is 34.5 Å². The Balaban J connectivity index is 1.64. The number of carbonyl (C=O) groups excluding carboxylic acids is 1. The molecule has 11 heteroatoms. The molecule has 2 aromatic heterocycles. The fraction of sp³-hybridized carbons (Fsp3) is 0.111. The van der Waals surface area contributed by atoms with Gasteiger partial charge in [-0.1, -0.05) is 41.9 Å². The second kappa shape index (κ2) is 10.7. The van der Waals surface area contributed by atoms with Gasteiger partial charge in [0.1, 0.15) is 10.6 Å². The van der Waals surface area contributed by atoms with Crippen LogP contribution < -0.4 is 15.0 Å². The van der Waals surface area contributed by atoms with Gasteiger partial charge in [-0.15, -0.1) is 0 Å². The van der Waals surface area contributed by atoms with E-state index in [1.165, 1.54) is 25.1 Å². The van der Waals surface area contributed by atoms with Crippen LogP contribution in [0.4, 0.5) is 0 Å². The summed E-state index contributed by atoms with van der Waals surface area (Å²) in [6.45, 7) is -0.356. The zero-order valence-corrected chi connectivity index (χ0v) is 22.4. The molecule has 0 amide bonds. The Hall–Kier alpha value is -4.15. The summed E-state index contributed by atoms with van der Waals surface area (Å²) in [7, 11) is 2.69. The van der Waals surface area contributed by atoms with Gasteiger partial charge in [0.15, 0.2) is 23.9 Å². The maximum absolute atomic E-state index is 13.5. The highest BCUT2D eigenvalue weighted by Gasteiger charge is 2.20. The average molecular weight is 597 g/mol. The lowest BCUT2D eigenvalue weighted by atomic mass is 10.2. The largest absolute Gasteiger partial charge is 0.493 e. The quantitative estimate of drug-likeness (QED) is 0.176. The first kappa shape index (κ1) is 25.5. The van der Waals surface area contributed by atoms with Crippen molar-refractivity contribution in [2.75, 3.05) is 20.8 Å². The fourth-order valence-corrected chi connectivity index (χ4v) is 4.43. The summed E-state index contributed by atoms with van der Waals surface area (Å²) in [4.78, 5) is 29.7. The SMILES string of the molecule is COC(=O)COc1c(OC)cc(C=Nn2c(-c3cc4ccccc4o3)nc3ccccc3c2=O)c(Br)c1Cl. The van der Waals surface area contributed by atoms with Crippen molar-refractivity contribution < 1.29 is 23.4 Å². The Morgan fingerprint density at radius 1 is 1.16 bits per heavy atom. The third-order valence-corrected chi connectivity index (χ3v) is 7.09. The average Bonchev–Trinajstić information content (AvgIpc) is 3.38. The number of esters is 1. The fourth-order valence-electron chi connectivity index (χ4n) is 3.78. The molecule has 192 valence electrons. The lowest BCUT2D eigenvalue weighted by Gasteiger charge is -2.14. The Morgan fingerprint density at radius 3 is 2.68 bits per heavy atom. The highest BCUT2D eigenvalue weighted by molar-refractivity contribution is 9.10. The van der Waals surface area contributed by atoms with E-state index in [9.17, 15) is 9.59 Å². The van der Waals surface area contributed by atoms with Gasteiger partial charge in [0.2, 0.25) is 5.82 Å². The van der Waals surface area contributed by atoms with Gasteiger partial charge in [-0.25, -0.2) is 9.78 Å². The minimum atomic E-state index is -0.578. The molecule has 0 aliphatic carbocycles. The highest BCUT2D eigenvalue weighted by atomic mass is 79.9. The molecule has 9 nitrogen and oxygen atoms in total. The molecule has 0 aliphatic heterocycles. The first-order valence-corrected chi connectivity index (χ1v) is 12.4. The van der Waals surface area contributed by atoms with Gasteiger partial charge in [-0.2, -0.15) is 9.78 Å². The normalized spacial score (nSPS) is 11.4. The van der Waals surface area contributed by atoms with Gasteiger partial charge in [0.25, 0.3) is 5.56 Å². The molecular formula is C27H19BrClN3O6. The van der Waals surface area contributed by atoms with Crippen molar-refractivity contribution in [1.29, 1.82) is 0 Å². The van der Waals surface area contributed by atoms with E-state index in [4.69, 9.17) is 25.5 Å². The topological polar surface area (TPSA) is 105 Å². The van der Waals surface area contributed by atoms with Crippen molar-refractivity contribution in [3.8, 4) is 23.1 Å². The van der Waals surface area contributed by atoms with Crippen LogP contribution in [0.1, 0.15) is 5.56 Å². The standard InChI is InChI=1S/C27H19BrClN3O6/c1-35-20-12-16(23(28)24(29)25(20)37-14-22(33)36-2)13-30-32-26(21-11-15-7-3-6-10-19(15)38-21)31-18-9-5-4-8-17(18)27(32)34/h3-13H,14H2,1-2H3. The third-order valence-electron chi connectivity index (χ3n) is 5.65. The van der Waals surface area contributed by atoms with Gasteiger partial charge >= 0.3 is 5.97 Å².